The molecule has 0 aliphatic carbocycles. The first-order valence-corrected chi connectivity index (χ1v) is 4.57. The average molecular weight is 211 g/mol. The molecule has 0 heterocycles. The Hall–Kier alpha value is -1.24. The maximum absolute atomic E-state index is 8.38. The van der Waals surface area contributed by atoms with E-state index in [1.54, 1.807) is 18.2 Å². The molecule has 0 spiro atoms. The van der Waals surface area contributed by atoms with E-state index in [9.17, 15) is 0 Å². The molecule has 3 nitrogen and oxygen atoms in total. The van der Waals surface area contributed by atoms with Crippen LogP contribution >= 0.6 is 11.6 Å². The molecule has 0 bridgehead atoms. The first-order valence-electron chi connectivity index (χ1n) is 4.20. The topological polar surface area (TPSA) is 59.0 Å². The second-order valence-corrected chi connectivity index (χ2v) is 3.35. The van der Waals surface area contributed by atoms with Gasteiger partial charge in [-0.25, -0.2) is 0 Å². The van der Waals surface area contributed by atoms with Crippen LogP contribution in [0.4, 0.5) is 0 Å². The van der Waals surface area contributed by atoms with Gasteiger partial charge >= 0.3 is 0 Å². The van der Waals surface area contributed by atoms with Crippen molar-refractivity contribution in [1.29, 1.82) is 5.26 Å². The molecule has 4 heteroatoms. The van der Waals surface area contributed by atoms with Crippen LogP contribution in [0.5, 0.6) is 5.75 Å². The molecule has 1 aromatic rings. The predicted molar refractivity (Wildman–Crippen MR) is 55.2 cm³/mol. The summed E-state index contributed by atoms with van der Waals surface area (Å²) in [4.78, 5) is 0. The van der Waals surface area contributed by atoms with Crippen LogP contribution in [-0.2, 0) is 0 Å². The van der Waals surface area contributed by atoms with Crippen molar-refractivity contribution in [2.24, 2.45) is 5.73 Å². The van der Waals surface area contributed by atoms with Gasteiger partial charge in [-0.15, -0.1) is 0 Å². The minimum absolute atomic E-state index is 0.0152. The van der Waals surface area contributed by atoms with E-state index >= 15 is 0 Å². The lowest BCUT2D eigenvalue weighted by molar-refractivity contribution is 0.362. The largest absolute Gasteiger partial charge is 0.478 e. The first kappa shape index (κ1) is 10.8. The third-order valence-electron chi connectivity index (χ3n) is 1.75. The third-order valence-corrected chi connectivity index (χ3v) is 1.99. The summed E-state index contributed by atoms with van der Waals surface area (Å²) in [5.74, 6) is 0.617. The Bertz CT molecular complexity index is 358. The van der Waals surface area contributed by atoms with E-state index in [0.717, 1.165) is 5.56 Å². The van der Waals surface area contributed by atoms with Crippen molar-refractivity contribution in [2.75, 3.05) is 6.61 Å². The Balaban J connectivity index is 2.97. The van der Waals surface area contributed by atoms with E-state index in [0.29, 0.717) is 10.8 Å². The number of nitrogens with two attached hydrogens (primary N) is 1. The quantitative estimate of drug-likeness (QED) is 0.833. The third kappa shape index (κ3) is 2.63. The zero-order chi connectivity index (χ0) is 10.6. The number of benzene rings is 1. The van der Waals surface area contributed by atoms with Crippen molar-refractivity contribution in [1.82, 2.24) is 0 Å². The van der Waals surface area contributed by atoms with E-state index in [2.05, 4.69) is 0 Å². The number of rotatable bonds is 3. The second-order valence-electron chi connectivity index (χ2n) is 2.92. The number of ether oxygens (including phenoxy) is 1. The van der Waals surface area contributed by atoms with Crippen molar-refractivity contribution in [3.63, 3.8) is 0 Å². The van der Waals surface area contributed by atoms with Gasteiger partial charge in [0.1, 0.15) is 11.8 Å². The molecule has 1 atom stereocenters. The molecule has 1 unspecified atom stereocenters. The van der Waals surface area contributed by atoms with Crippen molar-refractivity contribution in [3.8, 4) is 11.8 Å². The molecular weight excluding hydrogens is 200 g/mol. The molecule has 0 aliphatic rings. The lowest BCUT2D eigenvalue weighted by Crippen LogP contribution is -2.08. The number of nitrogens with zero attached hydrogens (tertiary/aromatic N) is 1. The number of nitriles is 1. The maximum atomic E-state index is 8.38. The van der Waals surface area contributed by atoms with E-state index in [1.165, 1.54) is 0 Å². The molecule has 0 radical (unpaired) electrons. The molecule has 14 heavy (non-hydrogen) atoms. The van der Waals surface area contributed by atoms with Gasteiger partial charge in [-0.2, -0.15) is 5.26 Å². The summed E-state index contributed by atoms with van der Waals surface area (Å²) in [6.07, 6.45) is 0. The lowest BCUT2D eigenvalue weighted by atomic mass is 10.1. The van der Waals surface area contributed by atoms with Crippen LogP contribution in [0.3, 0.4) is 0 Å². The first-order chi connectivity index (χ1) is 6.65. The summed E-state index contributed by atoms with van der Waals surface area (Å²) in [6, 6.07) is 6.91. The Morgan fingerprint density at radius 3 is 2.93 bits per heavy atom. The maximum Gasteiger partial charge on any atom is 0.174 e. The number of hydrogen-bond donors (Lipinski definition) is 1. The summed E-state index contributed by atoms with van der Waals surface area (Å²) < 4.78 is 5.20. The van der Waals surface area contributed by atoms with Crippen molar-refractivity contribution < 1.29 is 4.74 Å². The number of hydrogen-bond acceptors (Lipinski definition) is 3. The van der Waals surface area contributed by atoms with Gasteiger partial charge in [0.15, 0.2) is 6.61 Å². The molecule has 0 fully saturated rings. The highest BCUT2D eigenvalue weighted by atomic mass is 35.5. The fourth-order valence-corrected chi connectivity index (χ4v) is 1.30. The van der Waals surface area contributed by atoms with Gasteiger partial charge in [0.05, 0.1) is 0 Å². The van der Waals surface area contributed by atoms with Gasteiger partial charge in [0.2, 0.25) is 0 Å². The zero-order valence-corrected chi connectivity index (χ0v) is 8.58. The normalized spacial score (nSPS) is 11.9. The highest BCUT2D eigenvalue weighted by molar-refractivity contribution is 6.30. The van der Waals surface area contributed by atoms with Crippen LogP contribution < -0.4 is 10.5 Å². The summed E-state index contributed by atoms with van der Waals surface area (Å²) in [5.41, 5.74) is 6.55. The molecular formula is C10H11ClN2O. The SMILES string of the molecule is CC(N)c1cc(Cl)ccc1OCC#N. The average Bonchev–Trinajstić information content (AvgIpc) is 2.15. The van der Waals surface area contributed by atoms with Crippen LogP contribution in [0.25, 0.3) is 0 Å². The molecule has 1 rings (SSSR count). The van der Waals surface area contributed by atoms with Crippen LogP contribution in [0, 0.1) is 11.3 Å². The van der Waals surface area contributed by atoms with Gasteiger partial charge in [-0.05, 0) is 25.1 Å². The van der Waals surface area contributed by atoms with Gasteiger partial charge in [-0.1, -0.05) is 11.6 Å². The highest BCUT2D eigenvalue weighted by Crippen LogP contribution is 2.26. The molecule has 0 aromatic heterocycles. The van der Waals surface area contributed by atoms with Gasteiger partial charge < -0.3 is 10.5 Å². The van der Waals surface area contributed by atoms with Crippen LogP contribution in [0.1, 0.15) is 18.5 Å². The van der Waals surface area contributed by atoms with Crippen molar-refractivity contribution in [3.05, 3.63) is 28.8 Å². The summed E-state index contributed by atoms with van der Waals surface area (Å²) in [7, 11) is 0. The minimum atomic E-state index is -0.164. The fourth-order valence-electron chi connectivity index (χ4n) is 1.12. The van der Waals surface area contributed by atoms with Gasteiger partial charge in [0, 0.05) is 16.6 Å². The van der Waals surface area contributed by atoms with Crippen LogP contribution in [0.15, 0.2) is 18.2 Å². The van der Waals surface area contributed by atoms with E-state index in [1.807, 2.05) is 13.0 Å². The van der Waals surface area contributed by atoms with E-state index in [4.69, 9.17) is 27.3 Å². The Morgan fingerprint density at radius 1 is 1.64 bits per heavy atom. The van der Waals surface area contributed by atoms with Crippen LogP contribution in [-0.4, -0.2) is 6.61 Å². The lowest BCUT2D eigenvalue weighted by Gasteiger charge is -2.12. The van der Waals surface area contributed by atoms with Crippen molar-refractivity contribution >= 4 is 11.6 Å². The molecule has 0 saturated heterocycles. The standard InChI is InChI=1S/C10H11ClN2O/c1-7(13)9-6-8(11)2-3-10(9)14-5-4-12/h2-3,6-7H,5,13H2,1H3. The molecule has 2 N–H and O–H groups in total. The molecule has 0 aliphatic heterocycles. The Morgan fingerprint density at radius 2 is 2.36 bits per heavy atom. The number of halogens is 1. The smallest absolute Gasteiger partial charge is 0.174 e. The molecule has 1 aromatic carbocycles. The van der Waals surface area contributed by atoms with Crippen LogP contribution in [0.2, 0.25) is 5.02 Å². The Kier molecular flexibility index (Phi) is 3.75. The molecule has 0 saturated carbocycles. The van der Waals surface area contributed by atoms with E-state index in [-0.39, 0.29) is 12.6 Å². The zero-order valence-electron chi connectivity index (χ0n) is 7.83. The second kappa shape index (κ2) is 4.85. The van der Waals surface area contributed by atoms with E-state index < -0.39 is 0 Å². The van der Waals surface area contributed by atoms with Gasteiger partial charge in [0.25, 0.3) is 0 Å². The highest BCUT2D eigenvalue weighted by Gasteiger charge is 2.08. The summed E-state index contributed by atoms with van der Waals surface area (Å²) >= 11 is 5.82. The predicted octanol–water partition coefficient (Wildman–Crippen LogP) is 2.26. The summed E-state index contributed by atoms with van der Waals surface area (Å²) in [5, 5.41) is 8.99. The van der Waals surface area contributed by atoms with Gasteiger partial charge in [-0.3, -0.25) is 0 Å². The Labute approximate surface area is 88.0 Å². The fraction of sp³-hybridized carbons (Fsp3) is 0.300. The molecule has 0 amide bonds. The molecule has 74 valence electrons. The minimum Gasteiger partial charge on any atom is -0.478 e. The van der Waals surface area contributed by atoms with Crippen molar-refractivity contribution in [2.45, 2.75) is 13.0 Å². The monoisotopic (exact) mass is 210 g/mol. The summed E-state index contributed by atoms with van der Waals surface area (Å²) in [6.45, 7) is 1.85.